The van der Waals surface area contributed by atoms with E-state index in [1.54, 1.807) is 17.8 Å². The fraction of sp³-hybridized carbons (Fsp3) is 0.321. The van der Waals surface area contributed by atoms with Crippen LogP contribution in [0.15, 0.2) is 55.4 Å². The average molecular weight is 542 g/mol. The van der Waals surface area contributed by atoms with E-state index in [1.165, 1.54) is 12.7 Å². The molecule has 0 bridgehead atoms. The highest BCUT2D eigenvalue weighted by molar-refractivity contribution is 6.02. The Labute approximate surface area is 229 Å². The monoisotopic (exact) mass is 541 g/mol. The lowest BCUT2D eigenvalue weighted by Gasteiger charge is -2.53. The normalized spacial score (nSPS) is 18.4. The molecule has 0 unspecified atom stereocenters. The van der Waals surface area contributed by atoms with E-state index in [4.69, 9.17) is 9.47 Å². The minimum Gasteiger partial charge on any atom is -0.479 e. The standard InChI is InChI=1S/C28H28FN9O2/c1-17-8-19(4-5-22(17)40-20-6-7-38-23(9-20)32-16-34-38)35-26-24-21(31-15-33-26)11-30-27(39-3)25(24)37-13-28(14-37)10-18(29)12-36(28)2/h4-9,11,15-16,18H,10,12-14H2,1-3H3,(H,31,33,35)/t18-/m1/s1. The van der Waals surface area contributed by atoms with Gasteiger partial charge in [0.15, 0.2) is 5.65 Å². The van der Waals surface area contributed by atoms with Crippen molar-refractivity contribution in [3.63, 3.8) is 0 Å². The summed E-state index contributed by atoms with van der Waals surface area (Å²) >= 11 is 0. The summed E-state index contributed by atoms with van der Waals surface area (Å²) in [6.45, 7) is 3.81. The molecule has 6 heterocycles. The lowest BCUT2D eigenvalue weighted by atomic mass is 9.86. The fourth-order valence-corrected chi connectivity index (χ4v) is 5.84. The maximum absolute atomic E-state index is 14.2. The van der Waals surface area contributed by atoms with Crippen molar-refractivity contribution in [2.45, 2.75) is 25.1 Å². The zero-order chi connectivity index (χ0) is 27.4. The molecule has 12 heteroatoms. The molecule has 2 fully saturated rings. The zero-order valence-electron chi connectivity index (χ0n) is 22.4. The minimum atomic E-state index is -0.805. The number of rotatable bonds is 6. The second kappa shape index (κ2) is 9.26. The molecule has 0 radical (unpaired) electrons. The van der Waals surface area contributed by atoms with Crippen LogP contribution < -0.4 is 19.7 Å². The molecule has 11 nitrogen and oxygen atoms in total. The topological polar surface area (TPSA) is 106 Å². The predicted molar refractivity (Wildman–Crippen MR) is 148 cm³/mol. The highest BCUT2D eigenvalue weighted by Gasteiger charge is 2.53. The number of benzene rings is 1. The Balaban J connectivity index is 1.19. The number of aromatic nitrogens is 6. The van der Waals surface area contributed by atoms with Gasteiger partial charge in [0.1, 0.15) is 41.8 Å². The first kappa shape index (κ1) is 24.5. The second-order valence-electron chi connectivity index (χ2n) is 10.5. The van der Waals surface area contributed by atoms with Crippen LogP contribution in [0.1, 0.15) is 12.0 Å². The quantitative estimate of drug-likeness (QED) is 0.337. The van der Waals surface area contributed by atoms with Crippen molar-refractivity contribution in [2.75, 3.05) is 44.0 Å². The smallest absolute Gasteiger partial charge is 0.238 e. The SMILES string of the molecule is COc1ncc2ncnc(Nc3ccc(Oc4ccn5ncnc5c4)c(C)c3)c2c1N1CC2(C[C@@H](F)CN2C)C1. The second-order valence-corrected chi connectivity index (χ2v) is 10.5. The van der Waals surface area contributed by atoms with E-state index in [1.807, 2.05) is 50.5 Å². The molecule has 2 aliphatic heterocycles. The maximum atomic E-state index is 14.2. The number of nitrogens with zero attached hydrogens (tertiary/aromatic N) is 8. The number of pyridine rings is 2. The van der Waals surface area contributed by atoms with Gasteiger partial charge in [0.05, 0.1) is 29.7 Å². The van der Waals surface area contributed by atoms with E-state index >= 15 is 0 Å². The van der Waals surface area contributed by atoms with E-state index < -0.39 is 6.17 Å². The van der Waals surface area contributed by atoms with Crippen LogP contribution in [-0.2, 0) is 0 Å². The summed E-state index contributed by atoms with van der Waals surface area (Å²) in [5, 5.41) is 8.39. The minimum absolute atomic E-state index is 0.179. The van der Waals surface area contributed by atoms with Crippen molar-refractivity contribution in [1.82, 2.24) is 34.4 Å². The van der Waals surface area contributed by atoms with Gasteiger partial charge in [-0.25, -0.2) is 28.8 Å². The number of nitrogens with one attached hydrogen (secondary N) is 1. The average Bonchev–Trinajstić information content (AvgIpc) is 3.51. The number of anilines is 3. The van der Waals surface area contributed by atoms with Crippen molar-refractivity contribution < 1.29 is 13.9 Å². The van der Waals surface area contributed by atoms with Gasteiger partial charge in [0.25, 0.3) is 0 Å². The highest BCUT2D eigenvalue weighted by Crippen LogP contribution is 2.46. The van der Waals surface area contributed by atoms with Crippen molar-refractivity contribution in [3.05, 3.63) is 60.9 Å². The molecular weight excluding hydrogens is 513 g/mol. The van der Waals surface area contributed by atoms with Gasteiger partial charge < -0.3 is 19.7 Å². The summed E-state index contributed by atoms with van der Waals surface area (Å²) in [5.41, 5.74) is 3.82. The van der Waals surface area contributed by atoms with Crippen molar-refractivity contribution in [1.29, 1.82) is 0 Å². The van der Waals surface area contributed by atoms with Crippen LogP contribution in [0.4, 0.5) is 21.6 Å². The maximum Gasteiger partial charge on any atom is 0.238 e. The Morgan fingerprint density at radius 3 is 2.73 bits per heavy atom. The molecule has 0 saturated carbocycles. The fourth-order valence-electron chi connectivity index (χ4n) is 5.84. The van der Waals surface area contributed by atoms with Crippen LogP contribution in [0.5, 0.6) is 17.4 Å². The number of likely N-dealkylation sites (N-methyl/N-ethyl adjacent to an activating group) is 1. The number of fused-ring (bicyclic) bond motifs is 2. The highest BCUT2D eigenvalue weighted by atomic mass is 19.1. The van der Waals surface area contributed by atoms with Gasteiger partial charge in [-0.2, -0.15) is 5.10 Å². The summed E-state index contributed by atoms with van der Waals surface area (Å²) in [5.74, 6) is 2.53. The van der Waals surface area contributed by atoms with Gasteiger partial charge in [-0.05, 0) is 43.8 Å². The van der Waals surface area contributed by atoms with Crippen molar-refractivity contribution in [2.24, 2.45) is 0 Å². The number of aryl methyl sites for hydroxylation is 1. The lowest BCUT2D eigenvalue weighted by Crippen LogP contribution is -2.67. The molecule has 0 aliphatic carbocycles. The van der Waals surface area contributed by atoms with Crippen LogP contribution in [0, 0.1) is 6.92 Å². The van der Waals surface area contributed by atoms with E-state index in [-0.39, 0.29) is 5.54 Å². The first-order chi connectivity index (χ1) is 19.4. The molecule has 2 saturated heterocycles. The lowest BCUT2D eigenvalue weighted by molar-refractivity contribution is 0.133. The van der Waals surface area contributed by atoms with E-state index in [2.05, 4.69) is 40.2 Å². The largest absolute Gasteiger partial charge is 0.479 e. The predicted octanol–water partition coefficient (Wildman–Crippen LogP) is 4.15. The van der Waals surface area contributed by atoms with Crippen molar-refractivity contribution >= 4 is 33.7 Å². The van der Waals surface area contributed by atoms with Crippen molar-refractivity contribution in [3.8, 4) is 17.4 Å². The molecule has 1 spiro atoms. The zero-order valence-corrected chi connectivity index (χ0v) is 22.4. The van der Waals surface area contributed by atoms with Gasteiger partial charge >= 0.3 is 0 Å². The first-order valence-corrected chi connectivity index (χ1v) is 13.1. The number of halogens is 1. The summed E-state index contributed by atoms with van der Waals surface area (Å²) in [6.07, 6.45) is 6.25. The Morgan fingerprint density at radius 1 is 1.07 bits per heavy atom. The van der Waals surface area contributed by atoms with Crippen LogP contribution in [0.3, 0.4) is 0 Å². The van der Waals surface area contributed by atoms with Gasteiger partial charge in [0, 0.05) is 44.0 Å². The molecule has 204 valence electrons. The number of hydrogen-bond donors (Lipinski definition) is 1. The molecule has 40 heavy (non-hydrogen) atoms. The summed E-state index contributed by atoms with van der Waals surface area (Å²) < 4.78 is 27.7. The summed E-state index contributed by atoms with van der Waals surface area (Å²) in [7, 11) is 3.60. The third kappa shape index (κ3) is 4.02. The molecule has 1 atom stereocenters. The summed E-state index contributed by atoms with van der Waals surface area (Å²) in [6, 6.07) is 9.55. The Hall–Kier alpha value is -4.58. The molecule has 1 N–H and O–H groups in total. The molecule has 4 aromatic heterocycles. The molecule has 0 amide bonds. The molecule has 5 aromatic rings. The van der Waals surface area contributed by atoms with E-state index in [0.29, 0.717) is 54.7 Å². The number of alkyl halides is 1. The number of hydrogen-bond acceptors (Lipinski definition) is 10. The third-order valence-corrected chi connectivity index (χ3v) is 7.90. The number of methoxy groups -OCH3 is 1. The Bertz CT molecular complexity index is 1740. The van der Waals surface area contributed by atoms with Crippen LogP contribution in [0.2, 0.25) is 0 Å². The van der Waals surface area contributed by atoms with Gasteiger partial charge in [-0.15, -0.1) is 0 Å². The van der Waals surface area contributed by atoms with Gasteiger partial charge in [-0.1, -0.05) is 0 Å². The molecular formula is C28H28FN9O2. The van der Waals surface area contributed by atoms with E-state index in [0.717, 1.165) is 28.1 Å². The number of likely N-dealkylation sites (tertiary alicyclic amines) is 1. The Morgan fingerprint density at radius 2 is 1.95 bits per heavy atom. The third-order valence-electron chi connectivity index (χ3n) is 7.90. The van der Waals surface area contributed by atoms with Gasteiger partial charge in [-0.3, -0.25) is 4.90 Å². The van der Waals surface area contributed by atoms with E-state index in [9.17, 15) is 4.39 Å². The Kier molecular flexibility index (Phi) is 5.66. The van der Waals surface area contributed by atoms with Gasteiger partial charge in [0.2, 0.25) is 5.88 Å². The first-order valence-electron chi connectivity index (χ1n) is 13.1. The number of ether oxygens (including phenoxy) is 2. The summed E-state index contributed by atoms with van der Waals surface area (Å²) in [4.78, 5) is 22.1. The van der Waals surface area contributed by atoms with Crippen LogP contribution in [0.25, 0.3) is 16.6 Å². The molecule has 1 aromatic carbocycles. The molecule has 2 aliphatic rings. The molecule has 7 rings (SSSR count). The van der Waals surface area contributed by atoms with Crippen LogP contribution in [-0.4, -0.2) is 80.0 Å². The van der Waals surface area contributed by atoms with Crippen LogP contribution >= 0.6 is 0 Å².